The van der Waals surface area contributed by atoms with Gasteiger partial charge in [0.1, 0.15) is 0 Å². The number of hydrogen-bond acceptors (Lipinski definition) is 4. The van der Waals surface area contributed by atoms with Crippen LogP contribution >= 0.6 is 0 Å². The van der Waals surface area contributed by atoms with Crippen molar-refractivity contribution in [2.45, 2.75) is 19.8 Å². The zero-order chi connectivity index (χ0) is 17.4. The molecule has 1 aromatic rings. The number of carbonyl (C=O) groups is 1. The van der Waals surface area contributed by atoms with Crippen LogP contribution in [0, 0.1) is 0 Å². The molecule has 0 spiro atoms. The Hall–Kier alpha value is -1.95. The first kappa shape index (κ1) is 18.4. The zero-order valence-corrected chi connectivity index (χ0v) is 15.0. The van der Waals surface area contributed by atoms with E-state index in [0.29, 0.717) is 12.3 Å². The third kappa shape index (κ3) is 5.03. The molecule has 2 rings (SSSR count). The lowest BCUT2D eigenvalue weighted by atomic mass is 10.1. The van der Waals surface area contributed by atoms with Crippen LogP contribution in [-0.4, -0.2) is 69.3 Å². The van der Waals surface area contributed by atoms with Gasteiger partial charge in [-0.25, -0.2) is 4.79 Å². The van der Waals surface area contributed by atoms with Crippen LogP contribution < -0.4 is 14.8 Å². The van der Waals surface area contributed by atoms with Gasteiger partial charge in [0, 0.05) is 32.7 Å². The molecule has 1 fully saturated rings. The Labute approximate surface area is 144 Å². The van der Waals surface area contributed by atoms with Gasteiger partial charge in [0.05, 0.1) is 14.2 Å². The molecule has 1 heterocycles. The van der Waals surface area contributed by atoms with E-state index in [4.69, 9.17) is 9.47 Å². The molecule has 24 heavy (non-hydrogen) atoms. The van der Waals surface area contributed by atoms with Crippen molar-refractivity contribution in [3.05, 3.63) is 23.8 Å². The quantitative estimate of drug-likeness (QED) is 0.828. The molecule has 1 saturated heterocycles. The van der Waals surface area contributed by atoms with Gasteiger partial charge in [-0.1, -0.05) is 13.0 Å². The second kappa shape index (κ2) is 9.37. The molecule has 1 aliphatic heterocycles. The molecule has 0 saturated carbocycles. The second-order valence-electron chi connectivity index (χ2n) is 6.00. The van der Waals surface area contributed by atoms with Crippen molar-refractivity contribution in [3.63, 3.8) is 0 Å². The van der Waals surface area contributed by atoms with Crippen molar-refractivity contribution >= 4 is 6.03 Å². The van der Waals surface area contributed by atoms with Crippen LogP contribution in [-0.2, 0) is 6.42 Å². The molecular formula is C18H29N3O3. The predicted octanol–water partition coefficient (Wildman–Crippen LogP) is 1.98. The molecule has 0 unspecified atom stereocenters. The molecule has 134 valence electrons. The number of rotatable bonds is 7. The van der Waals surface area contributed by atoms with E-state index in [0.717, 1.165) is 56.9 Å². The molecule has 0 aliphatic carbocycles. The summed E-state index contributed by atoms with van der Waals surface area (Å²) in [6.07, 6.45) is 1.93. The molecule has 1 aromatic carbocycles. The van der Waals surface area contributed by atoms with E-state index < -0.39 is 0 Å². The zero-order valence-electron chi connectivity index (χ0n) is 15.0. The number of amides is 2. The van der Waals surface area contributed by atoms with E-state index in [1.54, 1.807) is 14.2 Å². The molecule has 0 atom stereocenters. The Morgan fingerprint density at radius 1 is 1.12 bits per heavy atom. The van der Waals surface area contributed by atoms with Crippen molar-refractivity contribution in [2.75, 3.05) is 53.5 Å². The van der Waals surface area contributed by atoms with Gasteiger partial charge in [-0.05, 0) is 37.1 Å². The maximum atomic E-state index is 12.2. The monoisotopic (exact) mass is 335 g/mol. The molecule has 1 aliphatic rings. The third-order valence-corrected chi connectivity index (χ3v) is 4.34. The number of piperazine rings is 1. The van der Waals surface area contributed by atoms with E-state index >= 15 is 0 Å². The smallest absolute Gasteiger partial charge is 0.317 e. The normalized spacial score (nSPS) is 15.2. The average Bonchev–Trinajstić information content (AvgIpc) is 2.62. The van der Waals surface area contributed by atoms with E-state index in [1.165, 1.54) is 0 Å². The average molecular weight is 335 g/mol. The van der Waals surface area contributed by atoms with Crippen LogP contribution in [0.15, 0.2) is 18.2 Å². The highest BCUT2D eigenvalue weighted by Crippen LogP contribution is 2.27. The molecular weight excluding hydrogens is 306 g/mol. The highest BCUT2D eigenvalue weighted by atomic mass is 16.5. The van der Waals surface area contributed by atoms with Gasteiger partial charge in [0.15, 0.2) is 11.5 Å². The number of ether oxygens (including phenoxy) is 2. The summed E-state index contributed by atoms with van der Waals surface area (Å²) < 4.78 is 10.5. The number of nitrogens with zero attached hydrogens (tertiary/aromatic N) is 2. The SMILES string of the molecule is CCCN1CCN(C(=O)NCCc2ccc(OC)c(OC)c2)CC1. The lowest BCUT2D eigenvalue weighted by molar-refractivity contribution is 0.139. The van der Waals surface area contributed by atoms with Crippen LogP contribution in [0.3, 0.4) is 0 Å². The summed E-state index contributed by atoms with van der Waals surface area (Å²) in [7, 11) is 3.25. The highest BCUT2D eigenvalue weighted by Gasteiger charge is 2.20. The van der Waals surface area contributed by atoms with E-state index in [9.17, 15) is 4.79 Å². The molecule has 6 nitrogen and oxygen atoms in total. The predicted molar refractivity (Wildman–Crippen MR) is 95.0 cm³/mol. The molecule has 6 heteroatoms. The number of hydrogen-bond donors (Lipinski definition) is 1. The summed E-state index contributed by atoms with van der Waals surface area (Å²) in [5.74, 6) is 1.43. The molecule has 0 bridgehead atoms. The number of methoxy groups -OCH3 is 2. The number of nitrogens with one attached hydrogen (secondary N) is 1. The van der Waals surface area contributed by atoms with Crippen molar-refractivity contribution in [1.82, 2.24) is 15.1 Å². The maximum Gasteiger partial charge on any atom is 0.317 e. The number of urea groups is 1. The summed E-state index contributed by atoms with van der Waals surface area (Å²) in [6, 6.07) is 5.88. The van der Waals surface area contributed by atoms with Gasteiger partial charge in [0.25, 0.3) is 0 Å². The van der Waals surface area contributed by atoms with Gasteiger partial charge < -0.3 is 19.7 Å². The van der Waals surface area contributed by atoms with Crippen LogP contribution in [0.1, 0.15) is 18.9 Å². The number of benzene rings is 1. The molecule has 2 amide bonds. The lowest BCUT2D eigenvalue weighted by Gasteiger charge is -2.34. The largest absolute Gasteiger partial charge is 0.493 e. The summed E-state index contributed by atoms with van der Waals surface area (Å²) in [5.41, 5.74) is 1.11. The van der Waals surface area contributed by atoms with Crippen LogP contribution in [0.4, 0.5) is 4.79 Å². The first-order valence-electron chi connectivity index (χ1n) is 8.64. The van der Waals surface area contributed by atoms with Crippen LogP contribution in [0.5, 0.6) is 11.5 Å². The summed E-state index contributed by atoms with van der Waals surface area (Å²) >= 11 is 0. The Kier molecular flexibility index (Phi) is 7.18. The maximum absolute atomic E-state index is 12.2. The minimum Gasteiger partial charge on any atom is -0.493 e. The van der Waals surface area contributed by atoms with E-state index in [-0.39, 0.29) is 6.03 Å². The first-order chi connectivity index (χ1) is 11.7. The Balaban J connectivity index is 1.75. The van der Waals surface area contributed by atoms with Gasteiger partial charge in [-0.3, -0.25) is 4.90 Å². The van der Waals surface area contributed by atoms with Gasteiger partial charge in [0.2, 0.25) is 0 Å². The van der Waals surface area contributed by atoms with Crippen LogP contribution in [0.2, 0.25) is 0 Å². The standard InChI is InChI=1S/C18H29N3O3/c1-4-9-20-10-12-21(13-11-20)18(22)19-8-7-15-5-6-16(23-2)17(14-15)24-3/h5-6,14H,4,7-13H2,1-3H3,(H,19,22). The molecule has 1 N–H and O–H groups in total. The fraction of sp³-hybridized carbons (Fsp3) is 0.611. The molecule has 0 aromatic heterocycles. The minimum absolute atomic E-state index is 0.0339. The minimum atomic E-state index is 0.0339. The summed E-state index contributed by atoms with van der Waals surface area (Å²) in [5, 5.41) is 3.01. The van der Waals surface area contributed by atoms with E-state index in [2.05, 4.69) is 17.1 Å². The highest BCUT2D eigenvalue weighted by molar-refractivity contribution is 5.74. The third-order valence-electron chi connectivity index (χ3n) is 4.34. The Morgan fingerprint density at radius 2 is 1.83 bits per heavy atom. The fourth-order valence-corrected chi connectivity index (χ4v) is 2.95. The first-order valence-corrected chi connectivity index (χ1v) is 8.64. The van der Waals surface area contributed by atoms with Crippen LogP contribution in [0.25, 0.3) is 0 Å². The van der Waals surface area contributed by atoms with Crippen molar-refractivity contribution in [3.8, 4) is 11.5 Å². The van der Waals surface area contributed by atoms with Gasteiger partial charge >= 0.3 is 6.03 Å². The van der Waals surface area contributed by atoms with Crippen molar-refractivity contribution in [2.24, 2.45) is 0 Å². The summed E-state index contributed by atoms with van der Waals surface area (Å²) in [4.78, 5) is 16.5. The molecule has 0 radical (unpaired) electrons. The van der Waals surface area contributed by atoms with Crippen molar-refractivity contribution in [1.29, 1.82) is 0 Å². The second-order valence-corrected chi connectivity index (χ2v) is 6.00. The lowest BCUT2D eigenvalue weighted by Crippen LogP contribution is -2.52. The Morgan fingerprint density at radius 3 is 2.46 bits per heavy atom. The van der Waals surface area contributed by atoms with Gasteiger partial charge in [-0.2, -0.15) is 0 Å². The summed E-state index contributed by atoms with van der Waals surface area (Å²) in [6.45, 7) is 7.48. The van der Waals surface area contributed by atoms with Gasteiger partial charge in [-0.15, -0.1) is 0 Å². The number of carbonyl (C=O) groups excluding carboxylic acids is 1. The van der Waals surface area contributed by atoms with Crippen molar-refractivity contribution < 1.29 is 14.3 Å². The topological polar surface area (TPSA) is 54.0 Å². The Bertz CT molecular complexity index is 528. The fourth-order valence-electron chi connectivity index (χ4n) is 2.95. The van der Waals surface area contributed by atoms with E-state index in [1.807, 2.05) is 23.1 Å².